The van der Waals surface area contributed by atoms with Crippen molar-refractivity contribution >= 4 is 21.4 Å². The zero-order chi connectivity index (χ0) is 21.7. The van der Waals surface area contributed by atoms with Gasteiger partial charge in [-0.2, -0.15) is 0 Å². The number of benzene rings is 2. The van der Waals surface area contributed by atoms with Gasteiger partial charge in [0.2, 0.25) is 5.76 Å². The van der Waals surface area contributed by atoms with Crippen molar-refractivity contribution in [2.45, 2.75) is 36.7 Å². The fraction of sp³-hybridized carbons (Fsp3) is 0.318. The second kappa shape index (κ2) is 7.19. The number of carbonyl (C=O) groups is 1. The summed E-state index contributed by atoms with van der Waals surface area (Å²) in [4.78, 5) is 12.8. The molecule has 0 bridgehead atoms. The first-order valence-electron chi connectivity index (χ1n) is 9.48. The molecule has 1 atom stereocenters. The van der Waals surface area contributed by atoms with Crippen LogP contribution in [-0.2, 0) is 19.4 Å². The van der Waals surface area contributed by atoms with Crippen LogP contribution in [0, 0.1) is 17.6 Å². The molecular weight excluding hydrogens is 414 g/mol. The van der Waals surface area contributed by atoms with Gasteiger partial charge in [-0.25, -0.2) is 22.0 Å². The SMILES string of the molecule is CC1(CC2CC2)OC(=O)C(Oc2ccc(F)c(F)c2)=C1c1ccc(S(C)(=O)=O)cc1. The summed E-state index contributed by atoms with van der Waals surface area (Å²) >= 11 is 0. The Labute approximate surface area is 173 Å². The topological polar surface area (TPSA) is 69.7 Å². The highest BCUT2D eigenvalue weighted by molar-refractivity contribution is 7.90. The average Bonchev–Trinajstić information content (AvgIpc) is 3.43. The van der Waals surface area contributed by atoms with Gasteiger partial charge < -0.3 is 9.47 Å². The molecule has 1 saturated carbocycles. The standard InChI is InChI=1S/C22H20F2O5S/c1-22(12-13-3-4-13)19(14-5-8-16(9-6-14)30(2,26)27)20(21(25)29-22)28-15-7-10-17(23)18(24)11-15/h5-11,13H,3-4,12H2,1-2H3. The average molecular weight is 434 g/mol. The van der Waals surface area contributed by atoms with Crippen molar-refractivity contribution in [1.82, 2.24) is 0 Å². The van der Waals surface area contributed by atoms with E-state index in [1.54, 1.807) is 19.1 Å². The van der Waals surface area contributed by atoms with Crippen molar-refractivity contribution < 1.29 is 31.5 Å². The summed E-state index contributed by atoms with van der Waals surface area (Å²) in [6.45, 7) is 1.78. The molecule has 0 amide bonds. The Morgan fingerprint density at radius 1 is 1.10 bits per heavy atom. The number of hydrogen-bond acceptors (Lipinski definition) is 5. The van der Waals surface area contributed by atoms with Crippen LogP contribution in [0.15, 0.2) is 53.1 Å². The van der Waals surface area contributed by atoms with Gasteiger partial charge in [-0.05, 0) is 49.1 Å². The van der Waals surface area contributed by atoms with Gasteiger partial charge in [0.15, 0.2) is 21.5 Å². The molecule has 1 aliphatic heterocycles. The van der Waals surface area contributed by atoms with Gasteiger partial charge in [0.25, 0.3) is 0 Å². The van der Waals surface area contributed by atoms with Crippen LogP contribution in [0.4, 0.5) is 8.78 Å². The van der Waals surface area contributed by atoms with Crippen molar-refractivity contribution in [1.29, 1.82) is 0 Å². The number of cyclic esters (lactones) is 1. The summed E-state index contributed by atoms with van der Waals surface area (Å²) in [5.74, 6) is -2.57. The molecule has 2 aromatic rings. The zero-order valence-corrected chi connectivity index (χ0v) is 17.3. The Balaban J connectivity index is 1.80. The molecule has 0 spiro atoms. The molecule has 0 saturated heterocycles. The van der Waals surface area contributed by atoms with E-state index in [-0.39, 0.29) is 16.4 Å². The second-order valence-corrected chi connectivity index (χ2v) is 9.96. The van der Waals surface area contributed by atoms with E-state index in [9.17, 15) is 22.0 Å². The van der Waals surface area contributed by atoms with Gasteiger partial charge >= 0.3 is 5.97 Å². The molecule has 1 aliphatic carbocycles. The first kappa shape index (κ1) is 20.5. The number of halogens is 2. The second-order valence-electron chi connectivity index (χ2n) is 7.95. The molecule has 2 aromatic carbocycles. The molecule has 8 heteroatoms. The van der Waals surface area contributed by atoms with Crippen molar-refractivity contribution in [3.8, 4) is 5.75 Å². The Morgan fingerprint density at radius 2 is 1.77 bits per heavy atom. The smallest absolute Gasteiger partial charge is 0.375 e. The fourth-order valence-electron chi connectivity index (χ4n) is 3.72. The third-order valence-corrected chi connectivity index (χ3v) is 6.44. The molecule has 1 fully saturated rings. The molecule has 30 heavy (non-hydrogen) atoms. The summed E-state index contributed by atoms with van der Waals surface area (Å²) in [6.07, 6.45) is 3.77. The monoisotopic (exact) mass is 434 g/mol. The lowest BCUT2D eigenvalue weighted by molar-refractivity contribution is -0.147. The van der Waals surface area contributed by atoms with E-state index < -0.39 is 33.0 Å². The van der Waals surface area contributed by atoms with Gasteiger partial charge in [0.05, 0.1) is 10.5 Å². The first-order chi connectivity index (χ1) is 14.1. The van der Waals surface area contributed by atoms with Crippen molar-refractivity contribution in [2.75, 3.05) is 6.26 Å². The van der Waals surface area contributed by atoms with E-state index in [0.717, 1.165) is 31.2 Å². The number of sulfone groups is 1. The van der Waals surface area contributed by atoms with E-state index in [0.29, 0.717) is 23.5 Å². The molecule has 0 aromatic heterocycles. The minimum atomic E-state index is -3.39. The Kier molecular flexibility index (Phi) is 4.92. The maximum absolute atomic E-state index is 13.6. The predicted molar refractivity (Wildman–Crippen MR) is 105 cm³/mol. The molecule has 1 heterocycles. The third-order valence-electron chi connectivity index (χ3n) is 5.32. The molecule has 158 valence electrons. The maximum Gasteiger partial charge on any atom is 0.375 e. The maximum atomic E-state index is 13.6. The van der Waals surface area contributed by atoms with E-state index in [1.165, 1.54) is 18.2 Å². The number of ether oxygens (including phenoxy) is 2. The number of esters is 1. The Bertz CT molecular complexity index is 1150. The van der Waals surface area contributed by atoms with Crippen LogP contribution in [-0.4, -0.2) is 26.2 Å². The summed E-state index contributed by atoms with van der Waals surface area (Å²) in [5, 5.41) is 0. The van der Waals surface area contributed by atoms with Crippen LogP contribution in [0.25, 0.3) is 5.57 Å². The van der Waals surface area contributed by atoms with Gasteiger partial charge in [0, 0.05) is 12.3 Å². The first-order valence-corrected chi connectivity index (χ1v) is 11.4. The van der Waals surface area contributed by atoms with E-state index in [1.807, 2.05) is 0 Å². The summed E-state index contributed by atoms with van der Waals surface area (Å²) < 4.78 is 61.8. The minimum absolute atomic E-state index is 0.0400. The molecule has 2 aliphatic rings. The third kappa shape index (κ3) is 3.96. The molecule has 1 unspecified atom stereocenters. The molecule has 4 rings (SSSR count). The highest BCUT2D eigenvalue weighted by Gasteiger charge is 2.49. The molecule has 5 nitrogen and oxygen atoms in total. The summed E-state index contributed by atoms with van der Waals surface area (Å²) in [5.41, 5.74) is 0.0526. The van der Waals surface area contributed by atoms with Gasteiger partial charge in [-0.3, -0.25) is 0 Å². The lowest BCUT2D eigenvalue weighted by atomic mass is 9.86. The largest absolute Gasteiger partial charge is 0.449 e. The van der Waals surface area contributed by atoms with Crippen LogP contribution in [0.2, 0.25) is 0 Å². The highest BCUT2D eigenvalue weighted by Crippen LogP contribution is 2.48. The van der Waals surface area contributed by atoms with Crippen LogP contribution in [0.1, 0.15) is 31.7 Å². The van der Waals surface area contributed by atoms with Crippen molar-refractivity contribution in [2.24, 2.45) is 5.92 Å². The van der Waals surface area contributed by atoms with Crippen molar-refractivity contribution in [3.63, 3.8) is 0 Å². The number of hydrogen-bond donors (Lipinski definition) is 0. The lowest BCUT2D eigenvalue weighted by Gasteiger charge is -2.26. The number of carbonyl (C=O) groups excluding carboxylic acids is 1. The fourth-order valence-corrected chi connectivity index (χ4v) is 4.35. The van der Waals surface area contributed by atoms with Gasteiger partial charge in [-0.15, -0.1) is 0 Å². The number of rotatable bonds is 6. The zero-order valence-electron chi connectivity index (χ0n) is 16.4. The molecular formula is C22H20F2O5S. The van der Waals surface area contributed by atoms with Crippen LogP contribution in [0.5, 0.6) is 5.75 Å². The van der Waals surface area contributed by atoms with Crippen LogP contribution in [0.3, 0.4) is 0 Å². The van der Waals surface area contributed by atoms with E-state index in [4.69, 9.17) is 9.47 Å². The Hall–Kier alpha value is -2.74. The van der Waals surface area contributed by atoms with E-state index >= 15 is 0 Å². The normalized spacial score (nSPS) is 21.7. The van der Waals surface area contributed by atoms with Crippen LogP contribution < -0.4 is 4.74 Å². The highest BCUT2D eigenvalue weighted by atomic mass is 32.2. The van der Waals surface area contributed by atoms with Crippen molar-refractivity contribution in [3.05, 3.63) is 65.4 Å². The predicted octanol–water partition coefficient (Wildman–Crippen LogP) is 4.27. The van der Waals surface area contributed by atoms with E-state index in [2.05, 4.69) is 0 Å². The minimum Gasteiger partial charge on any atom is -0.449 e. The quantitative estimate of drug-likeness (QED) is 0.635. The molecule has 0 radical (unpaired) electrons. The molecule has 0 N–H and O–H groups in total. The van der Waals surface area contributed by atoms with Gasteiger partial charge in [0.1, 0.15) is 11.4 Å². The Morgan fingerprint density at radius 3 is 2.33 bits per heavy atom. The summed E-state index contributed by atoms with van der Waals surface area (Å²) in [7, 11) is -3.39. The lowest BCUT2D eigenvalue weighted by Crippen LogP contribution is -2.28. The summed E-state index contributed by atoms with van der Waals surface area (Å²) in [6, 6.07) is 9.08. The van der Waals surface area contributed by atoms with Crippen LogP contribution >= 0.6 is 0 Å². The van der Waals surface area contributed by atoms with Gasteiger partial charge in [-0.1, -0.05) is 25.0 Å².